The maximum absolute atomic E-state index is 16.3. The molecule has 0 aliphatic carbocycles. The van der Waals surface area contributed by atoms with Crippen molar-refractivity contribution in [3.8, 4) is 0 Å². The van der Waals surface area contributed by atoms with Crippen LogP contribution >= 0.6 is 45.2 Å². The molecule has 0 bridgehead atoms. The van der Waals surface area contributed by atoms with E-state index in [1.54, 1.807) is 0 Å². The van der Waals surface area contributed by atoms with Gasteiger partial charge in [0.15, 0.2) is 0 Å². The van der Waals surface area contributed by atoms with Crippen molar-refractivity contribution in [3.05, 3.63) is 66.8 Å². The zero-order valence-electron chi connectivity index (χ0n) is 19.9. The highest BCUT2D eigenvalue weighted by molar-refractivity contribution is 14.1. The van der Waals surface area contributed by atoms with E-state index in [1.165, 1.54) is 0 Å². The van der Waals surface area contributed by atoms with Crippen molar-refractivity contribution in [2.24, 2.45) is 0 Å². The first kappa shape index (κ1) is 38.7. The number of halogens is 22. The Morgan fingerprint density at radius 3 is 0.932 bits per heavy atom. The molecule has 2 rings (SSSR count). The van der Waals surface area contributed by atoms with Gasteiger partial charge in [-0.1, -0.05) is 36.4 Å². The summed E-state index contributed by atoms with van der Waals surface area (Å²) in [7, 11) is 0. The lowest BCUT2D eigenvalue weighted by molar-refractivity contribution is -0.470. The predicted octanol–water partition coefficient (Wildman–Crippen LogP) is 10.9. The zero-order chi connectivity index (χ0) is 35.0. The van der Waals surface area contributed by atoms with E-state index in [0.717, 1.165) is 34.7 Å². The van der Waals surface area contributed by atoms with E-state index in [-0.39, 0.29) is 12.1 Å². The topological polar surface area (TPSA) is 0 Å². The largest absolute Gasteiger partial charge is 0.460 e. The van der Waals surface area contributed by atoms with E-state index in [0.29, 0.717) is 46.9 Å². The average Bonchev–Trinajstić information content (AvgIpc) is 2.87. The van der Waals surface area contributed by atoms with Gasteiger partial charge in [0.25, 0.3) is 5.67 Å². The second-order valence-electron chi connectivity index (χ2n) is 8.71. The van der Waals surface area contributed by atoms with Crippen molar-refractivity contribution in [1.82, 2.24) is 0 Å². The second kappa shape index (κ2) is 11.0. The van der Waals surface area contributed by atoms with Crippen LogP contribution in [0.1, 0.15) is 11.1 Å². The van der Waals surface area contributed by atoms with Crippen LogP contribution in [0.4, 0.5) is 87.8 Å². The van der Waals surface area contributed by atoms with Gasteiger partial charge in [0.2, 0.25) is 0 Å². The first-order valence-electron chi connectivity index (χ1n) is 10.6. The molecule has 0 aliphatic rings. The minimum atomic E-state index is -9.06. The Labute approximate surface area is 258 Å². The summed E-state index contributed by atoms with van der Waals surface area (Å²) in [5, 5.41) is 0. The highest BCUT2D eigenvalue weighted by Crippen LogP contribution is 2.69. The van der Waals surface area contributed by atoms with Gasteiger partial charge in [-0.25, -0.2) is 4.39 Å². The van der Waals surface area contributed by atoms with Crippen LogP contribution in [0.25, 0.3) is 0 Å². The number of rotatable bonds is 10. The molecular formula is C22H8F20I2. The lowest BCUT2D eigenvalue weighted by Crippen LogP contribution is -2.76. The maximum Gasteiger partial charge on any atom is 0.460 e. The molecule has 0 N–H and O–H groups in total. The van der Waals surface area contributed by atoms with Crippen LogP contribution in [-0.4, -0.2) is 47.6 Å². The standard InChI is InChI=1S/C22H8F20I2/c23-13(9-5-1-3-7-11(9)43,14(24,25)10-6-2-4-8-12(10)44)15(26,27)16(28,29)17(30,31)18(32,33)19(34,35)20(36,37)21(38,39)22(40,41)42/h1-8H. The molecule has 1 atom stereocenters. The number of benzene rings is 2. The first-order valence-corrected chi connectivity index (χ1v) is 12.7. The molecule has 0 radical (unpaired) electrons. The number of hydrogen-bond acceptors (Lipinski definition) is 0. The quantitative estimate of drug-likeness (QED) is 0.165. The van der Waals surface area contributed by atoms with Crippen LogP contribution in [0.15, 0.2) is 48.5 Å². The molecule has 250 valence electrons. The highest BCUT2D eigenvalue weighted by atomic mass is 127. The maximum atomic E-state index is 16.3. The van der Waals surface area contributed by atoms with Gasteiger partial charge in [-0.3, -0.25) is 0 Å². The lowest BCUT2D eigenvalue weighted by Gasteiger charge is -2.47. The molecule has 0 fully saturated rings. The minimum Gasteiger partial charge on any atom is -0.224 e. The zero-order valence-corrected chi connectivity index (χ0v) is 24.2. The molecule has 1 unspecified atom stereocenters. The molecule has 0 saturated carbocycles. The van der Waals surface area contributed by atoms with E-state index >= 15 is 22.0 Å². The van der Waals surface area contributed by atoms with Gasteiger partial charge < -0.3 is 0 Å². The van der Waals surface area contributed by atoms with Crippen molar-refractivity contribution in [3.63, 3.8) is 0 Å². The summed E-state index contributed by atoms with van der Waals surface area (Å²) in [5.41, 5.74) is -11.1. The Kier molecular flexibility index (Phi) is 9.71. The van der Waals surface area contributed by atoms with Crippen LogP contribution < -0.4 is 0 Å². The molecule has 2 aromatic rings. The third-order valence-electron chi connectivity index (χ3n) is 6.04. The Morgan fingerprint density at radius 2 is 0.614 bits per heavy atom. The number of hydrogen-bond donors (Lipinski definition) is 0. The molecule has 0 amide bonds. The van der Waals surface area contributed by atoms with E-state index in [4.69, 9.17) is 0 Å². The van der Waals surface area contributed by atoms with Crippen molar-refractivity contribution < 1.29 is 87.8 Å². The van der Waals surface area contributed by atoms with E-state index < -0.39 is 77.5 Å². The van der Waals surface area contributed by atoms with Gasteiger partial charge in [0.1, 0.15) is 0 Å². The predicted molar refractivity (Wildman–Crippen MR) is 126 cm³/mol. The van der Waals surface area contributed by atoms with E-state index in [1.807, 2.05) is 0 Å². The second-order valence-corrected chi connectivity index (χ2v) is 11.0. The summed E-state index contributed by atoms with van der Waals surface area (Å²) < 4.78 is 281. The smallest absolute Gasteiger partial charge is 0.224 e. The minimum absolute atomic E-state index is 0.0564. The van der Waals surface area contributed by atoms with Crippen molar-refractivity contribution in [2.75, 3.05) is 0 Å². The van der Waals surface area contributed by atoms with Crippen molar-refractivity contribution in [1.29, 1.82) is 0 Å². The summed E-state index contributed by atoms with van der Waals surface area (Å²) in [6.45, 7) is 0. The molecular weight excluding hydrogens is 898 g/mol. The first-order chi connectivity index (χ1) is 19.3. The van der Waals surface area contributed by atoms with Crippen LogP contribution in [0.2, 0.25) is 0 Å². The van der Waals surface area contributed by atoms with Crippen LogP contribution in [0.3, 0.4) is 0 Å². The number of alkyl halides is 20. The molecule has 44 heavy (non-hydrogen) atoms. The lowest BCUT2D eigenvalue weighted by atomic mass is 9.75. The molecule has 0 aromatic heterocycles. The summed E-state index contributed by atoms with van der Waals surface area (Å²) in [6, 6.07) is 3.36. The normalized spacial score (nSPS) is 16.6. The van der Waals surface area contributed by atoms with Gasteiger partial charge in [-0.15, -0.1) is 0 Å². The van der Waals surface area contributed by atoms with Gasteiger partial charge in [-0.2, -0.15) is 83.4 Å². The summed E-state index contributed by atoms with van der Waals surface area (Å²) >= 11 is 1.57. The van der Waals surface area contributed by atoms with Crippen molar-refractivity contribution >= 4 is 45.2 Å². The average molecular weight is 906 g/mol. The Morgan fingerprint density at radius 1 is 0.341 bits per heavy atom. The SMILES string of the molecule is FC(F)(F)C(F)(F)C(F)(F)C(F)(F)C(F)(F)C(F)(F)C(F)(F)C(F)(F)C(F)(c1ccccc1I)C(F)(F)c1ccccc1I. The fraction of sp³-hybridized carbons (Fsp3) is 0.455. The highest BCUT2D eigenvalue weighted by Gasteiger charge is 2.97. The summed E-state index contributed by atoms with van der Waals surface area (Å²) in [6.07, 6.45) is -7.97. The molecule has 0 heterocycles. The van der Waals surface area contributed by atoms with Gasteiger partial charge >= 0.3 is 53.6 Å². The summed E-state index contributed by atoms with van der Waals surface area (Å²) in [4.78, 5) is 0. The Balaban J connectivity index is 3.00. The Bertz CT molecular complexity index is 1370. The van der Waals surface area contributed by atoms with Crippen molar-refractivity contribution in [2.45, 2.75) is 59.2 Å². The fourth-order valence-electron chi connectivity index (χ4n) is 3.56. The van der Waals surface area contributed by atoms with Gasteiger partial charge in [-0.05, 0) is 57.3 Å². The molecule has 0 aliphatic heterocycles. The van der Waals surface area contributed by atoms with E-state index in [9.17, 15) is 65.9 Å². The van der Waals surface area contributed by atoms with Crippen LogP contribution in [0, 0.1) is 7.14 Å². The van der Waals surface area contributed by atoms with E-state index in [2.05, 4.69) is 0 Å². The molecule has 0 saturated heterocycles. The molecule has 2 aromatic carbocycles. The van der Waals surface area contributed by atoms with Crippen LogP contribution in [-0.2, 0) is 11.6 Å². The summed E-state index contributed by atoms with van der Waals surface area (Å²) in [5.74, 6) is -67.3. The molecule has 0 nitrogen and oxygen atoms in total. The van der Waals surface area contributed by atoms with Gasteiger partial charge in [0.05, 0.1) is 0 Å². The van der Waals surface area contributed by atoms with Crippen LogP contribution in [0.5, 0.6) is 0 Å². The Hall–Kier alpha value is -1.50. The fourth-order valence-corrected chi connectivity index (χ4v) is 5.04. The monoisotopic (exact) mass is 906 g/mol. The van der Waals surface area contributed by atoms with Gasteiger partial charge in [0, 0.05) is 18.3 Å². The third-order valence-corrected chi connectivity index (χ3v) is 7.93. The third kappa shape index (κ3) is 4.91. The molecule has 22 heteroatoms. The molecule has 0 spiro atoms.